The maximum Gasteiger partial charge on any atom is 0.261 e. The molecular weight excluding hydrogens is 420 g/mol. The second kappa shape index (κ2) is 9.17. The molecule has 1 aliphatic heterocycles. The highest BCUT2D eigenvalue weighted by molar-refractivity contribution is 7.92. The van der Waals surface area contributed by atoms with Gasteiger partial charge < -0.3 is 4.90 Å². The number of unbranched alkanes of at least 4 members (excludes halogenated alkanes) is 1. The van der Waals surface area contributed by atoms with Gasteiger partial charge in [0.05, 0.1) is 4.90 Å². The zero-order chi connectivity index (χ0) is 22.7. The fourth-order valence-corrected chi connectivity index (χ4v) is 5.25. The minimum Gasteiger partial charge on any atom is -0.305 e. The first-order valence-corrected chi connectivity index (χ1v) is 12.5. The summed E-state index contributed by atoms with van der Waals surface area (Å²) < 4.78 is 28.6. The van der Waals surface area contributed by atoms with Crippen molar-refractivity contribution in [3.8, 4) is 0 Å². The fourth-order valence-electron chi connectivity index (χ4n) is 4.14. The van der Waals surface area contributed by atoms with Crippen molar-refractivity contribution in [1.29, 1.82) is 0 Å². The SMILES string of the molecule is CCCCc1ccc(NS(=O)(=O)c2ccc3c(c2)C[C@H](C)N3C(=O)c2ccccc2)cc1. The van der Waals surface area contributed by atoms with Gasteiger partial charge in [-0.2, -0.15) is 0 Å². The van der Waals surface area contributed by atoms with Crippen LogP contribution in [0.25, 0.3) is 0 Å². The van der Waals surface area contributed by atoms with Gasteiger partial charge in [0.25, 0.3) is 15.9 Å². The molecule has 1 atom stereocenters. The third kappa shape index (κ3) is 4.55. The van der Waals surface area contributed by atoms with E-state index in [0.29, 0.717) is 17.7 Å². The summed E-state index contributed by atoms with van der Waals surface area (Å²) in [5.74, 6) is -0.0752. The molecule has 6 heteroatoms. The van der Waals surface area contributed by atoms with Crippen LogP contribution in [-0.2, 0) is 22.9 Å². The number of hydrogen-bond acceptors (Lipinski definition) is 3. The van der Waals surface area contributed by atoms with Crippen LogP contribution in [0, 0.1) is 0 Å². The predicted molar refractivity (Wildman–Crippen MR) is 129 cm³/mol. The minimum absolute atomic E-state index is 0.0423. The molecule has 4 rings (SSSR count). The lowest BCUT2D eigenvalue weighted by Gasteiger charge is -2.23. The van der Waals surface area contributed by atoms with Crippen LogP contribution >= 0.6 is 0 Å². The van der Waals surface area contributed by atoms with Gasteiger partial charge in [0.2, 0.25) is 0 Å². The Morgan fingerprint density at radius 1 is 1.03 bits per heavy atom. The summed E-state index contributed by atoms with van der Waals surface area (Å²) in [5, 5.41) is 0. The number of aryl methyl sites for hydroxylation is 1. The first kappa shape index (κ1) is 22.1. The first-order chi connectivity index (χ1) is 15.4. The lowest BCUT2D eigenvalue weighted by Crippen LogP contribution is -2.35. The Balaban J connectivity index is 1.55. The van der Waals surface area contributed by atoms with Crippen molar-refractivity contribution in [3.05, 3.63) is 89.5 Å². The molecule has 1 aliphatic rings. The lowest BCUT2D eigenvalue weighted by molar-refractivity contribution is 0.0981. The molecule has 1 heterocycles. The summed E-state index contributed by atoms with van der Waals surface area (Å²) >= 11 is 0. The number of sulfonamides is 1. The Labute approximate surface area is 190 Å². The van der Waals surface area contributed by atoms with E-state index in [9.17, 15) is 13.2 Å². The summed E-state index contributed by atoms with van der Waals surface area (Å²) in [6.07, 6.45) is 3.84. The van der Waals surface area contributed by atoms with Gasteiger partial charge in [-0.25, -0.2) is 8.42 Å². The number of hydrogen-bond donors (Lipinski definition) is 1. The zero-order valence-electron chi connectivity index (χ0n) is 18.4. The van der Waals surface area contributed by atoms with E-state index >= 15 is 0 Å². The molecule has 1 amide bonds. The van der Waals surface area contributed by atoms with Crippen LogP contribution in [0.1, 0.15) is 48.2 Å². The van der Waals surface area contributed by atoms with Crippen molar-refractivity contribution < 1.29 is 13.2 Å². The van der Waals surface area contributed by atoms with Crippen LogP contribution in [0.3, 0.4) is 0 Å². The number of carbonyl (C=O) groups excluding carboxylic acids is 1. The molecule has 1 N–H and O–H groups in total. The van der Waals surface area contributed by atoms with Gasteiger partial charge in [-0.3, -0.25) is 9.52 Å². The maximum atomic E-state index is 13.0. The topological polar surface area (TPSA) is 66.5 Å². The molecule has 0 fully saturated rings. The molecule has 32 heavy (non-hydrogen) atoms. The quantitative estimate of drug-likeness (QED) is 0.525. The molecular formula is C26H28N2O3S. The zero-order valence-corrected chi connectivity index (χ0v) is 19.2. The predicted octanol–water partition coefficient (Wildman–Crippen LogP) is 5.42. The number of benzene rings is 3. The molecule has 0 radical (unpaired) electrons. The van der Waals surface area contributed by atoms with Crippen molar-refractivity contribution >= 4 is 27.3 Å². The number of nitrogens with one attached hydrogen (secondary N) is 1. The third-order valence-corrected chi connectivity index (χ3v) is 7.22. The smallest absolute Gasteiger partial charge is 0.261 e. The van der Waals surface area contributed by atoms with Crippen molar-refractivity contribution in [2.75, 3.05) is 9.62 Å². The maximum absolute atomic E-state index is 13.0. The van der Waals surface area contributed by atoms with Crippen molar-refractivity contribution in [1.82, 2.24) is 0 Å². The molecule has 0 aliphatic carbocycles. The van der Waals surface area contributed by atoms with Crippen LogP contribution in [0.5, 0.6) is 0 Å². The summed E-state index contributed by atoms with van der Waals surface area (Å²) in [4.78, 5) is 15.0. The number of rotatable bonds is 7. The number of amides is 1. The van der Waals surface area contributed by atoms with E-state index in [1.54, 1.807) is 47.4 Å². The van der Waals surface area contributed by atoms with Crippen LogP contribution < -0.4 is 9.62 Å². The van der Waals surface area contributed by atoms with E-state index in [-0.39, 0.29) is 16.8 Å². The standard InChI is InChI=1S/C26H28N2O3S/c1-3-4-8-20-11-13-23(14-12-20)27-32(30,31)24-15-16-25-22(18-24)17-19(2)28(25)26(29)21-9-6-5-7-10-21/h5-7,9-16,18-19,27H,3-4,8,17H2,1-2H3/t19-/m0/s1. The van der Waals surface area contributed by atoms with E-state index in [1.165, 1.54) is 5.56 Å². The Kier molecular flexibility index (Phi) is 6.33. The van der Waals surface area contributed by atoms with Gasteiger partial charge >= 0.3 is 0 Å². The molecule has 3 aromatic carbocycles. The van der Waals surface area contributed by atoms with Gasteiger partial charge in [0.1, 0.15) is 0 Å². The average molecular weight is 449 g/mol. The van der Waals surface area contributed by atoms with E-state index in [4.69, 9.17) is 0 Å². The second-order valence-electron chi connectivity index (χ2n) is 8.29. The number of carbonyl (C=O) groups is 1. The van der Waals surface area contributed by atoms with Gasteiger partial charge in [-0.1, -0.05) is 43.7 Å². The van der Waals surface area contributed by atoms with Crippen LogP contribution in [0.15, 0.2) is 77.7 Å². The Bertz CT molecular complexity index is 1210. The highest BCUT2D eigenvalue weighted by Gasteiger charge is 2.32. The highest BCUT2D eigenvalue weighted by atomic mass is 32.2. The van der Waals surface area contributed by atoms with Crippen molar-refractivity contribution in [3.63, 3.8) is 0 Å². The molecule has 0 spiro atoms. The molecule has 0 bridgehead atoms. The normalized spacial score (nSPS) is 15.4. The average Bonchev–Trinajstić information content (AvgIpc) is 3.13. The molecule has 5 nitrogen and oxygen atoms in total. The molecule has 3 aromatic rings. The second-order valence-corrected chi connectivity index (χ2v) is 9.97. The highest BCUT2D eigenvalue weighted by Crippen LogP contribution is 2.35. The van der Waals surface area contributed by atoms with Gasteiger partial charge in [-0.05, 0) is 79.8 Å². The lowest BCUT2D eigenvalue weighted by atomic mass is 10.1. The van der Waals surface area contributed by atoms with E-state index in [0.717, 1.165) is 30.5 Å². The summed E-state index contributed by atoms with van der Waals surface area (Å²) in [7, 11) is -3.73. The van der Waals surface area contributed by atoms with Crippen LogP contribution in [-0.4, -0.2) is 20.4 Å². The van der Waals surface area contributed by atoms with Gasteiger partial charge in [0, 0.05) is 23.0 Å². The van der Waals surface area contributed by atoms with E-state index in [1.807, 2.05) is 37.3 Å². The molecule has 0 saturated heterocycles. The Hall–Kier alpha value is -3.12. The molecule has 0 aromatic heterocycles. The van der Waals surface area contributed by atoms with Crippen LogP contribution in [0.2, 0.25) is 0 Å². The largest absolute Gasteiger partial charge is 0.305 e. The molecule has 0 saturated carbocycles. The number of anilines is 2. The van der Waals surface area contributed by atoms with Crippen molar-refractivity contribution in [2.45, 2.75) is 50.5 Å². The molecule has 166 valence electrons. The van der Waals surface area contributed by atoms with E-state index < -0.39 is 10.0 Å². The molecule has 0 unspecified atom stereocenters. The number of nitrogens with zero attached hydrogens (tertiary/aromatic N) is 1. The van der Waals surface area contributed by atoms with Crippen LogP contribution in [0.4, 0.5) is 11.4 Å². The van der Waals surface area contributed by atoms with Gasteiger partial charge in [-0.15, -0.1) is 0 Å². The minimum atomic E-state index is -3.73. The number of fused-ring (bicyclic) bond motifs is 1. The summed E-state index contributed by atoms with van der Waals surface area (Å²) in [6, 6.07) is 21.6. The first-order valence-electron chi connectivity index (χ1n) is 11.0. The monoisotopic (exact) mass is 448 g/mol. The fraction of sp³-hybridized carbons (Fsp3) is 0.269. The Morgan fingerprint density at radius 3 is 2.44 bits per heavy atom. The van der Waals surface area contributed by atoms with Gasteiger partial charge in [0.15, 0.2) is 0 Å². The third-order valence-electron chi connectivity index (χ3n) is 5.84. The van der Waals surface area contributed by atoms with E-state index in [2.05, 4.69) is 11.6 Å². The summed E-state index contributed by atoms with van der Waals surface area (Å²) in [6.45, 7) is 4.13. The summed E-state index contributed by atoms with van der Waals surface area (Å²) in [5.41, 5.74) is 3.99. The van der Waals surface area contributed by atoms with Crippen molar-refractivity contribution in [2.24, 2.45) is 0 Å². The Morgan fingerprint density at radius 2 is 1.75 bits per heavy atom.